The van der Waals surface area contributed by atoms with E-state index in [0.29, 0.717) is 6.42 Å². The first-order valence-electron chi connectivity index (χ1n) is 3.83. The van der Waals surface area contributed by atoms with Crippen LogP contribution in [0.5, 0.6) is 0 Å². The molecule has 0 bridgehead atoms. The van der Waals surface area contributed by atoms with Crippen molar-refractivity contribution in [2.45, 2.75) is 34.1 Å². The number of ketones is 1. The Balaban J connectivity index is 4.08. The molecular formula is C9H15NO. The molecule has 0 aliphatic heterocycles. The maximum absolute atomic E-state index is 11.2. The number of nitrogens with zero attached hydrogens (tertiary/aromatic N) is 1. The molecule has 0 amide bonds. The highest BCUT2D eigenvalue weighted by atomic mass is 16.1. The summed E-state index contributed by atoms with van der Waals surface area (Å²) in [5.41, 5.74) is -0.499. The molecule has 0 fully saturated rings. The fraction of sp³-hybridized carbons (Fsp3) is 0.778. The number of nitriles is 1. The van der Waals surface area contributed by atoms with Gasteiger partial charge < -0.3 is 0 Å². The van der Waals surface area contributed by atoms with Crippen LogP contribution in [-0.4, -0.2) is 5.78 Å². The van der Waals surface area contributed by atoms with Crippen LogP contribution in [0.3, 0.4) is 0 Å². The van der Waals surface area contributed by atoms with Crippen LogP contribution in [0.1, 0.15) is 34.1 Å². The van der Waals surface area contributed by atoms with Gasteiger partial charge in [-0.1, -0.05) is 13.8 Å². The van der Waals surface area contributed by atoms with Crippen LogP contribution < -0.4 is 0 Å². The fourth-order valence-electron chi connectivity index (χ4n) is 0.679. The van der Waals surface area contributed by atoms with Crippen LogP contribution in [0.15, 0.2) is 0 Å². The van der Waals surface area contributed by atoms with Crippen molar-refractivity contribution in [1.29, 1.82) is 5.26 Å². The van der Waals surface area contributed by atoms with Gasteiger partial charge in [-0.15, -0.1) is 0 Å². The minimum absolute atomic E-state index is 0.0441. The molecule has 0 N–H and O–H groups in total. The predicted octanol–water partition coefficient (Wildman–Crippen LogP) is 2.15. The third kappa shape index (κ3) is 3.77. The van der Waals surface area contributed by atoms with Gasteiger partial charge in [0.1, 0.15) is 5.78 Å². The lowest BCUT2D eigenvalue weighted by Crippen LogP contribution is -2.18. The topological polar surface area (TPSA) is 40.9 Å². The molecule has 0 aromatic heterocycles. The van der Waals surface area contributed by atoms with Gasteiger partial charge in [0.2, 0.25) is 0 Å². The van der Waals surface area contributed by atoms with Crippen molar-refractivity contribution in [3.63, 3.8) is 0 Å². The third-order valence-corrected chi connectivity index (χ3v) is 1.56. The second-order valence-electron chi connectivity index (χ2n) is 3.79. The van der Waals surface area contributed by atoms with E-state index in [1.54, 1.807) is 13.8 Å². The molecule has 2 nitrogen and oxygen atoms in total. The van der Waals surface area contributed by atoms with Crippen molar-refractivity contribution >= 4 is 5.78 Å². The number of carbonyl (C=O) groups is 1. The van der Waals surface area contributed by atoms with Gasteiger partial charge in [-0.2, -0.15) is 5.26 Å². The van der Waals surface area contributed by atoms with E-state index in [1.807, 2.05) is 13.8 Å². The molecule has 0 unspecified atom stereocenters. The molecular weight excluding hydrogens is 138 g/mol. The molecule has 0 radical (unpaired) electrons. The maximum Gasteiger partial charge on any atom is 0.136 e. The van der Waals surface area contributed by atoms with Crippen molar-refractivity contribution in [1.82, 2.24) is 0 Å². The van der Waals surface area contributed by atoms with E-state index in [2.05, 4.69) is 6.07 Å². The van der Waals surface area contributed by atoms with Crippen LogP contribution in [-0.2, 0) is 4.79 Å². The number of hydrogen-bond acceptors (Lipinski definition) is 2. The number of carbonyl (C=O) groups excluding carboxylic acids is 1. The lowest BCUT2D eigenvalue weighted by Gasteiger charge is -2.14. The second-order valence-corrected chi connectivity index (χ2v) is 3.79. The molecule has 0 aliphatic carbocycles. The van der Waals surface area contributed by atoms with E-state index in [4.69, 9.17) is 5.26 Å². The number of rotatable bonds is 3. The zero-order valence-electron chi connectivity index (χ0n) is 7.64. The van der Waals surface area contributed by atoms with Crippen molar-refractivity contribution in [3.05, 3.63) is 0 Å². The summed E-state index contributed by atoms with van der Waals surface area (Å²) in [6, 6.07) is 2.11. The van der Waals surface area contributed by atoms with E-state index >= 15 is 0 Å². The summed E-state index contributed by atoms with van der Waals surface area (Å²) in [6.45, 7) is 7.28. The second kappa shape index (κ2) is 3.52. The SMILES string of the molecule is CC(C)C(=O)CC(C)(C)C#N. The molecule has 11 heavy (non-hydrogen) atoms. The van der Waals surface area contributed by atoms with Gasteiger partial charge in [-0.05, 0) is 13.8 Å². The molecule has 0 aromatic rings. The van der Waals surface area contributed by atoms with Gasteiger partial charge >= 0.3 is 0 Å². The first kappa shape index (κ1) is 10.2. The van der Waals surface area contributed by atoms with Gasteiger partial charge in [-0.3, -0.25) is 4.79 Å². The molecule has 0 aromatic carbocycles. The zero-order chi connectivity index (χ0) is 9.07. The molecule has 0 heterocycles. The molecule has 2 heteroatoms. The molecule has 0 atom stereocenters. The summed E-state index contributed by atoms with van der Waals surface area (Å²) in [5, 5.41) is 8.62. The smallest absolute Gasteiger partial charge is 0.136 e. The molecule has 0 saturated heterocycles. The number of hydrogen-bond donors (Lipinski definition) is 0. The highest BCUT2D eigenvalue weighted by Gasteiger charge is 2.22. The van der Waals surface area contributed by atoms with Crippen molar-refractivity contribution in [2.75, 3.05) is 0 Å². The number of Topliss-reactive ketones (excluding diaryl/α,β-unsaturated/α-hetero) is 1. The molecule has 62 valence electrons. The molecule has 0 aliphatic rings. The summed E-state index contributed by atoms with van der Waals surface area (Å²) < 4.78 is 0. The van der Waals surface area contributed by atoms with Crippen molar-refractivity contribution in [2.24, 2.45) is 11.3 Å². The summed E-state index contributed by atoms with van der Waals surface area (Å²) in [4.78, 5) is 11.2. The predicted molar refractivity (Wildman–Crippen MR) is 43.9 cm³/mol. The third-order valence-electron chi connectivity index (χ3n) is 1.56. The van der Waals surface area contributed by atoms with Crippen LogP contribution in [0.25, 0.3) is 0 Å². The highest BCUT2D eigenvalue weighted by Crippen LogP contribution is 2.20. The Morgan fingerprint density at radius 3 is 2.27 bits per heavy atom. The molecule has 0 rings (SSSR count). The largest absolute Gasteiger partial charge is 0.299 e. The average Bonchev–Trinajstić information content (AvgIpc) is 1.87. The first-order valence-corrected chi connectivity index (χ1v) is 3.83. The minimum atomic E-state index is -0.499. The van der Waals surface area contributed by atoms with E-state index < -0.39 is 5.41 Å². The molecule has 0 spiro atoms. The maximum atomic E-state index is 11.2. The molecule has 0 saturated carbocycles. The van der Waals surface area contributed by atoms with E-state index in [-0.39, 0.29) is 11.7 Å². The zero-order valence-corrected chi connectivity index (χ0v) is 7.64. The van der Waals surface area contributed by atoms with Gasteiger partial charge in [0.25, 0.3) is 0 Å². The first-order chi connectivity index (χ1) is 4.89. The fourth-order valence-corrected chi connectivity index (χ4v) is 0.679. The van der Waals surface area contributed by atoms with Gasteiger partial charge in [0.05, 0.1) is 11.5 Å². The van der Waals surface area contributed by atoms with Crippen LogP contribution in [0.2, 0.25) is 0 Å². The Hall–Kier alpha value is -0.840. The lowest BCUT2D eigenvalue weighted by atomic mass is 9.86. The van der Waals surface area contributed by atoms with Crippen molar-refractivity contribution < 1.29 is 4.79 Å². The Morgan fingerprint density at radius 2 is 2.00 bits per heavy atom. The van der Waals surface area contributed by atoms with Gasteiger partial charge in [0.15, 0.2) is 0 Å². The minimum Gasteiger partial charge on any atom is -0.299 e. The summed E-state index contributed by atoms with van der Waals surface area (Å²) in [5.74, 6) is 0.208. The Kier molecular flexibility index (Phi) is 3.25. The average molecular weight is 153 g/mol. The van der Waals surface area contributed by atoms with Crippen LogP contribution in [0.4, 0.5) is 0 Å². The highest BCUT2D eigenvalue weighted by molar-refractivity contribution is 5.81. The quantitative estimate of drug-likeness (QED) is 0.623. The summed E-state index contributed by atoms with van der Waals surface area (Å²) in [7, 11) is 0. The van der Waals surface area contributed by atoms with Gasteiger partial charge in [-0.25, -0.2) is 0 Å². The van der Waals surface area contributed by atoms with E-state index in [1.165, 1.54) is 0 Å². The van der Waals surface area contributed by atoms with Gasteiger partial charge in [0, 0.05) is 12.3 Å². The standard InChI is InChI=1S/C9H15NO/c1-7(2)8(11)5-9(3,4)6-10/h7H,5H2,1-4H3. The Morgan fingerprint density at radius 1 is 1.55 bits per heavy atom. The lowest BCUT2D eigenvalue weighted by molar-refractivity contribution is -0.123. The van der Waals surface area contributed by atoms with Crippen LogP contribution >= 0.6 is 0 Å². The summed E-state index contributed by atoms with van der Waals surface area (Å²) >= 11 is 0. The Labute approximate surface area is 68.2 Å². The Bertz CT molecular complexity index is 186. The summed E-state index contributed by atoms with van der Waals surface area (Å²) in [6.07, 6.45) is 0.362. The van der Waals surface area contributed by atoms with E-state index in [9.17, 15) is 4.79 Å². The van der Waals surface area contributed by atoms with E-state index in [0.717, 1.165) is 0 Å². The van der Waals surface area contributed by atoms with Crippen LogP contribution in [0, 0.1) is 22.7 Å². The normalized spacial score (nSPS) is 11.3. The van der Waals surface area contributed by atoms with Crippen molar-refractivity contribution in [3.8, 4) is 6.07 Å². The monoisotopic (exact) mass is 153 g/mol.